The average Bonchev–Trinajstić information content (AvgIpc) is 3.93. The summed E-state index contributed by atoms with van der Waals surface area (Å²) in [6.07, 6.45) is -1.08. The van der Waals surface area contributed by atoms with Crippen molar-refractivity contribution in [3.8, 4) is 23.0 Å². The van der Waals surface area contributed by atoms with E-state index < -0.39 is 53.8 Å². The molecule has 2 aromatic heterocycles. The molecule has 3 N–H and O–H groups in total. The molecule has 0 spiro atoms. The van der Waals surface area contributed by atoms with Gasteiger partial charge in [0, 0.05) is 17.7 Å². The van der Waals surface area contributed by atoms with Crippen molar-refractivity contribution in [1.29, 1.82) is 0 Å². The molecule has 286 valence electrons. The number of carbonyl (C=O) groups excluding carboxylic acids is 1. The van der Waals surface area contributed by atoms with Gasteiger partial charge in [-0.3, -0.25) is 9.36 Å². The zero-order valence-electron chi connectivity index (χ0n) is 29.9. The SMILES string of the molecule is COc1ccc(C2(c3ccc(OC)cc3)Oc3cc(C(F)(F)F)cc(C(=O)NCC=C[C@H]4O[C@@H](n5cnc6c(N)ncnc65)[C@@H]5OC(C)(C)O[C@@H]54)c3O2)cc1. The normalized spacial score (nSPS) is 22.2. The predicted molar refractivity (Wildman–Crippen MR) is 188 cm³/mol. The van der Waals surface area contributed by atoms with Gasteiger partial charge in [0.1, 0.15) is 41.7 Å². The van der Waals surface area contributed by atoms with Crippen LogP contribution < -0.4 is 30.0 Å². The van der Waals surface area contributed by atoms with Gasteiger partial charge in [-0.25, -0.2) is 15.0 Å². The zero-order chi connectivity index (χ0) is 38.7. The number of fused-ring (bicyclic) bond motifs is 3. The number of rotatable bonds is 9. The van der Waals surface area contributed by atoms with E-state index in [2.05, 4.69) is 20.3 Å². The molecule has 5 heterocycles. The van der Waals surface area contributed by atoms with Crippen molar-refractivity contribution >= 4 is 22.9 Å². The second-order valence-corrected chi connectivity index (χ2v) is 13.4. The Kier molecular flexibility index (Phi) is 8.82. The van der Waals surface area contributed by atoms with E-state index in [-0.39, 0.29) is 29.4 Å². The van der Waals surface area contributed by atoms with E-state index in [1.54, 1.807) is 79.1 Å². The van der Waals surface area contributed by atoms with Gasteiger partial charge in [-0.2, -0.15) is 13.2 Å². The molecule has 0 unspecified atom stereocenters. The first-order chi connectivity index (χ1) is 26.3. The molecule has 14 nitrogen and oxygen atoms in total. The van der Waals surface area contributed by atoms with E-state index in [0.717, 1.165) is 12.1 Å². The maximum absolute atomic E-state index is 14.3. The van der Waals surface area contributed by atoms with E-state index in [4.69, 9.17) is 38.9 Å². The zero-order valence-corrected chi connectivity index (χ0v) is 29.9. The minimum absolute atomic E-state index is 0.0866. The van der Waals surface area contributed by atoms with Gasteiger partial charge >= 0.3 is 12.0 Å². The molecule has 8 rings (SSSR count). The van der Waals surface area contributed by atoms with Crippen molar-refractivity contribution in [2.45, 2.75) is 56.1 Å². The smallest absolute Gasteiger partial charge is 0.416 e. The number of halogens is 3. The molecule has 17 heteroatoms. The quantitative estimate of drug-likeness (QED) is 0.181. The van der Waals surface area contributed by atoms with E-state index >= 15 is 0 Å². The van der Waals surface area contributed by atoms with Gasteiger partial charge in [-0.1, -0.05) is 12.2 Å². The van der Waals surface area contributed by atoms with Crippen LogP contribution in [0, 0.1) is 0 Å². The lowest BCUT2D eigenvalue weighted by Gasteiger charge is -2.29. The summed E-state index contributed by atoms with van der Waals surface area (Å²) >= 11 is 0. The number of benzene rings is 3. The van der Waals surface area contributed by atoms with Gasteiger partial charge in [0.15, 0.2) is 35.0 Å². The van der Waals surface area contributed by atoms with Crippen LogP contribution >= 0.6 is 0 Å². The summed E-state index contributed by atoms with van der Waals surface area (Å²) in [5, 5.41) is 2.68. The Bertz CT molecular complexity index is 2230. The third-order valence-corrected chi connectivity index (χ3v) is 9.50. The van der Waals surface area contributed by atoms with Gasteiger partial charge < -0.3 is 44.2 Å². The second-order valence-electron chi connectivity index (χ2n) is 13.4. The van der Waals surface area contributed by atoms with Crippen LogP contribution in [-0.2, 0) is 26.2 Å². The van der Waals surface area contributed by atoms with Crippen LogP contribution in [0.4, 0.5) is 19.0 Å². The highest BCUT2D eigenvalue weighted by molar-refractivity contribution is 5.98. The minimum atomic E-state index is -4.80. The molecule has 1 amide bonds. The van der Waals surface area contributed by atoms with Gasteiger partial charge in [-0.05, 0) is 74.5 Å². The number of nitrogen functional groups attached to an aromatic ring is 1. The Hall–Kier alpha value is -5.91. The van der Waals surface area contributed by atoms with Crippen LogP contribution in [0.5, 0.6) is 23.0 Å². The number of anilines is 1. The average molecular weight is 761 g/mol. The lowest BCUT2D eigenvalue weighted by Crippen LogP contribution is -2.37. The molecule has 2 saturated heterocycles. The third-order valence-electron chi connectivity index (χ3n) is 9.50. The molecule has 4 atom stereocenters. The number of nitrogens with two attached hydrogens (primary N) is 1. The maximum Gasteiger partial charge on any atom is 0.416 e. The largest absolute Gasteiger partial charge is 0.497 e. The molecule has 5 aromatic rings. The lowest BCUT2D eigenvalue weighted by atomic mass is 9.97. The molecule has 0 saturated carbocycles. The number of amides is 1. The number of hydrogen-bond donors (Lipinski definition) is 2. The van der Waals surface area contributed by atoms with Gasteiger partial charge in [0.25, 0.3) is 5.91 Å². The van der Waals surface area contributed by atoms with Crippen molar-refractivity contribution in [1.82, 2.24) is 24.8 Å². The van der Waals surface area contributed by atoms with E-state index in [1.165, 1.54) is 26.9 Å². The van der Waals surface area contributed by atoms with Crippen molar-refractivity contribution in [2.24, 2.45) is 0 Å². The number of nitrogens with zero attached hydrogens (tertiary/aromatic N) is 4. The standard InChI is InChI=1S/C38H35F3N6O8/c1-36(2)53-30-26(51-35(31(30)54-36)47-19-46-28-32(42)44-18-45-33(28)47)6-5-15-43-34(48)25-16-22(38(39,40)41)17-27-29(25)55-37(52-27,20-7-11-23(49-3)12-8-20)21-9-13-24(50-4)14-10-21/h5-14,16-19,26,30-31,35H,15H2,1-4H3,(H,43,48)(H2,42,44,45)/t26-,30-,31-,35-/m1/s1. The molecule has 0 aliphatic carbocycles. The lowest BCUT2D eigenvalue weighted by molar-refractivity contribution is -0.191. The number of alkyl halides is 3. The Morgan fingerprint density at radius 3 is 2.24 bits per heavy atom. The minimum Gasteiger partial charge on any atom is -0.497 e. The number of carbonyl (C=O) groups is 1. The number of aromatic nitrogens is 4. The van der Waals surface area contributed by atoms with Crippen LogP contribution in [-0.4, -0.2) is 70.3 Å². The Balaban J connectivity index is 1.06. The van der Waals surface area contributed by atoms with Crippen LogP contribution in [0.15, 0.2) is 85.5 Å². The summed E-state index contributed by atoms with van der Waals surface area (Å²) in [7, 11) is 3.01. The molecule has 3 aromatic carbocycles. The molecule has 0 bridgehead atoms. The Labute approximate surface area is 311 Å². The fraction of sp³-hybridized carbons (Fsp3) is 0.316. The monoisotopic (exact) mass is 760 g/mol. The van der Waals surface area contributed by atoms with Crippen molar-refractivity contribution < 1.29 is 51.1 Å². The molecule has 3 aliphatic heterocycles. The summed E-state index contributed by atoms with van der Waals surface area (Å²) in [6, 6.07) is 14.9. The molecule has 0 radical (unpaired) electrons. The summed E-state index contributed by atoms with van der Waals surface area (Å²) in [4.78, 5) is 26.4. The first-order valence-corrected chi connectivity index (χ1v) is 17.1. The van der Waals surface area contributed by atoms with Crippen molar-refractivity contribution in [2.75, 3.05) is 26.5 Å². The number of ether oxygens (including phenoxy) is 7. The summed E-state index contributed by atoms with van der Waals surface area (Å²) in [5.41, 5.74) is 6.25. The Morgan fingerprint density at radius 2 is 1.60 bits per heavy atom. The Morgan fingerprint density at radius 1 is 0.945 bits per heavy atom. The number of methoxy groups -OCH3 is 2. The van der Waals surface area contributed by atoms with Crippen molar-refractivity contribution in [3.05, 3.63) is 108 Å². The van der Waals surface area contributed by atoms with Gasteiger partial charge in [0.2, 0.25) is 0 Å². The predicted octanol–water partition coefficient (Wildman–Crippen LogP) is 5.52. The van der Waals surface area contributed by atoms with Crippen molar-refractivity contribution in [3.63, 3.8) is 0 Å². The topological polar surface area (TPSA) is 163 Å². The number of hydrogen-bond acceptors (Lipinski definition) is 12. The highest BCUT2D eigenvalue weighted by atomic mass is 19.4. The number of imidazole rings is 1. The number of nitrogens with one attached hydrogen (secondary N) is 1. The van der Waals surface area contributed by atoms with E-state index in [0.29, 0.717) is 33.8 Å². The van der Waals surface area contributed by atoms with Crippen LogP contribution in [0.3, 0.4) is 0 Å². The first-order valence-electron chi connectivity index (χ1n) is 17.1. The second kappa shape index (κ2) is 13.4. The van der Waals surface area contributed by atoms with Gasteiger partial charge in [0.05, 0.1) is 31.7 Å². The molecule has 3 aliphatic rings. The first kappa shape index (κ1) is 36.1. The van der Waals surface area contributed by atoms with Crippen LogP contribution in [0.25, 0.3) is 11.2 Å². The fourth-order valence-electron chi connectivity index (χ4n) is 6.95. The summed E-state index contributed by atoms with van der Waals surface area (Å²) in [6.45, 7) is 3.48. The highest BCUT2D eigenvalue weighted by Crippen LogP contribution is 2.52. The van der Waals surface area contributed by atoms with Gasteiger partial charge in [-0.15, -0.1) is 0 Å². The van der Waals surface area contributed by atoms with Crippen LogP contribution in [0.1, 0.15) is 47.1 Å². The molecular formula is C38H35F3N6O8. The molecule has 2 fully saturated rings. The summed E-state index contributed by atoms with van der Waals surface area (Å²) < 4.78 is 86.6. The summed E-state index contributed by atoms with van der Waals surface area (Å²) in [5.74, 6) is -2.66. The fourth-order valence-corrected chi connectivity index (χ4v) is 6.95. The van der Waals surface area contributed by atoms with E-state index in [1.807, 2.05) is 0 Å². The molecular weight excluding hydrogens is 725 g/mol. The highest BCUT2D eigenvalue weighted by Gasteiger charge is 2.55. The van der Waals surface area contributed by atoms with E-state index in [9.17, 15) is 18.0 Å². The molecule has 55 heavy (non-hydrogen) atoms. The third kappa shape index (κ3) is 6.43. The van der Waals surface area contributed by atoms with Crippen LogP contribution in [0.2, 0.25) is 0 Å². The maximum atomic E-state index is 14.3.